The zero-order valence-corrected chi connectivity index (χ0v) is 15.4. The molecule has 0 radical (unpaired) electrons. The van der Waals surface area contributed by atoms with Crippen molar-refractivity contribution in [2.75, 3.05) is 11.1 Å². The molecule has 7 heteroatoms. The molecule has 128 valence electrons. The highest BCUT2D eigenvalue weighted by atomic mass is 79.9. The number of halogens is 3. The Kier molecular flexibility index (Phi) is 4.83. The third kappa shape index (κ3) is 3.70. The predicted octanol–water partition coefficient (Wildman–Crippen LogP) is 5.64. The minimum Gasteiger partial charge on any atom is -0.451 e. The Labute approximate surface area is 156 Å². The first kappa shape index (κ1) is 17.5. The largest absolute Gasteiger partial charge is 0.451 e. The highest BCUT2D eigenvalue weighted by Gasteiger charge is 2.17. The summed E-state index contributed by atoms with van der Waals surface area (Å²) in [6.45, 7) is 1.78. The second-order valence-electron chi connectivity index (χ2n) is 5.44. The van der Waals surface area contributed by atoms with Gasteiger partial charge in [0, 0.05) is 10.2 Å². The van der Waals surface area contributed by atoms with E-state index in [0.717, 1.165) is 5.56 Å². The number of benzene rings is 2. The Hall–Kier alpha value is -2.31. The number of nitrogens with two attached hydrogens (primary N) is 1. The lowest BCUT2D eigenvalue weighted by Crippen LogP contribution is -2.12. The average molecular weight is 424 g/mol. The van der Waals surface area contributed by atoms with Crippen molar-refractivity contribution >= 4 is 44.8 Å². The van der Waals surface area contributed by atoms with E-state index in [4.69, 9.17) is 21.8 Å². The first-order valence-electron chi connectivity index (χ1n) is 7.27. The molecule has 1 aromatic heterocycles. The zero-order chi connectivity index (χ0) is 18.1. The smallest absolute Gasteiger partial charge is 0.291 e. The molecule has 0 atom stereocenters. The molecule has 0 aliphatic rings. The molecule has 4 nitrogen and oxygen atoms in total. The number of nitrogens with one attached hydrogen (secondary N) is 1. The summed E-state index contributed by atoms with van der Waals surface area (Å²) in [5.74, 6) is -0.633. The second kappa shape index (κ2) is 6.90. The van der Waals surface area contributed by atoms with Gasteiger partial charge in [0.15, 0.2) is 5.76 Å². The molecular weight excluding hydrogens is 411 g/mol. The number of rotatable bonds is 3. The highest BCUT2D eigenvalue weighted by Crippen LogP contribution is 2.30. The number of aryl methyl sites for hydroxylation is 1. The number of amides is 1. The van der Waals surface area contributed by atoms with Gasteiger partial charge in [0.2, 0.25) is 0 Å². The molecule has 1 amide bonds. The first-order valence-corrected chi connectivity index (χ1v) is 8.44. The summed E-state index contributed by atoms with van der Waals surface area (Å²) in [5.41, 5.74) is 7.66. The number of hydrogen-bond acceptors (Lipinski definition) is 3. The quantitative estimate of drug-likeness (QED) is 0.535. The molecular formula is C18H13BrClFN2O2. The number of nitrogen functional groups attached to an aromatic ring is 1. The Morgan fingerprint density at radius 2 is 2.00 bits per heavy atom. The Balaban J connectivity index is 1.86. The van der Waals surface area contributed by atoms with E-state index in [-0.39, 0.29) is 17.1 Å². The first-order chi connectivity index (χ1) is 11.8. The Bertz CT molecular complexity index is 948. The van der Waals surface area contributed by atoms with Crippen LogP contribution in [-0.4, -0.2) is 5.91 Å². The van der Waals surface area contributed by atoms with Gasteiger partial charge in [-0.25, -0.2) is 4.39 Å². The van der Waals surface area contributed by atoms with Crippen LogP contribution in [0.2, 0.25) is 5.02 Å². The van der Waals surface area contributed by atoms with Gasteiger partial charge in [0.05, 0.1) is 16.3 Å². The van der Waals surface area contributed by atoms with E-state index in [0.29, 0.717) is 20.9 Å². The van der Waals surface area contributed by atoms with Crippen LogP contribution in [-0.2, 0) is 0 Å². The Morgan fingerprint density at radius 1 is 1.24 bits per heavy atom. The number of carbonyl (C=O) groups is 1. The van der Waals surface area contributed by atoms with Crippen molar-refractivity contribution in [1.82, 2.24) is 0 Å². The van der Waals surface area contributed by atoms with Gasteiger partial charge >= 0.3 is 0 Å². The normalized spacial score (nSPS) is 10.7. The lowest BCUT2D eigenvalue weighted by Gasteiger charge is -2.10. The monoisotopic (exact) mass is 422 g/mol. The van der Waals surface area contributed by atoms with Gasteiger partial charge < -0.3 is 15.5 Å². The number of carbonyl (C=O) groups excluding carboxylic acids is 1. The van der Waals surface area contributed by atoms with Gasteiger partial charge in [-0.2, -0.15) is 0 Å². The number of furan rings is 1. The molecule has 0 bridgehead atoms. The highest BCUT2D eigenvalue weighted by molar-refractivity contribution is 9.10. The summed E-state index contributed by atoms with van der Waals surface area (Å²) in [6, 6.07) is 10.9. The number of anilines is 2. The molecule has 3 aromatic rings. The molecule has 3 N–H and O–H groups in total. The maximum absolute atomic E-state index is 14.0. The van der Waals surface area contributed by atoms with Crippen LogP contribution in [0.5, 0.6) is 0 Å². The molecule has 25 heavy (non-hydrogen) atoms. The fourth-order valence-corrected chi connectivity index (χ4v) is 3.05. The van der Waals surface area contributed by atoms with E-state index in [1.54, 1.807) is 37.3 Å². The van der Waals surface area contributed by atoms with E-state index < -0.39 is 11.7 Å². The fraction of sp³-hybridized carbons (Fsp3) is 0.0556. The van der Waals surface area contributed by atoms with Gasteiger partial charge in [-0.1, -0.05) is 27.5 Å². The van der Waals surface area contributed by atoms with Gasteiger partial charge in [-0.05, 0) is 55.0 Å². The average Bonchev–Trinajstić information content (AvgIpc) is 3.00. The third-order valence-corrected chi connectivity index (χ3v) is 4.37. The molecule has 2 aromatic carbocycles. The van der Waals surface area contributed by atoms with Crippen LogP contribution in [0.25, 0.3) is 11.3 Å². The van der Waals surface area contributed by atoms with Crippen LogP contribution >= 0.6 is 27.5 Å². The maximum Gasteiger partial charge on any atom is 0.291 e. The SMILES string of the molecule is Cc1cc(N)cc(Cl)c1NC(=O)c1ccc(-c2ccc(Br)cc2F)o1. The summed E-state index contributed by atoms with van der Waals surface area (Å²) in [6.07, 6.45) is 0. The third-order valence-electron chi connectivity index (χ3n) is 3.57. The minimum absolute atomic E-state index is 0.0459. The van der Waals surface area contributed by atoms with Gasteiger partial charge in [-0.15, -0.1) is 0 Å². The van der Waals surface area contributed by atoms with Crippen molar-refractivity contribution in [3.05, 3.63) is 69.1 Å². The van der Waals surface area contributed by atoms with Crippen LogP contribution < -0.4 is 11.1 Å². The van der Waals surface area contributed by atoms with Crippen molar-refractivity contribution in [2.24, 2.45) is 0 Å². The summed E-state index contributed by atoms with van der Waals surface area (Å²) < 4.78 is 20.1. The van der Waals surface area contributed by atoms with Crippen LogP contribution in [0.3, 0.4) is 0 Å². The molecule has 0 spiro atoms. The zero-order valence-electron chi connectivity index (χ0n) is 13.1. The van der Waals surface area contributed by atoms with Gasteiger partial charge in [0.25, 0.3) is 5.91 Å². The molecule has 0 unspecified atom stereocenters. The summed E-state index contributed by atoms with van der Waals surface area (Å²) in [7, 11) is 0. The van der Waals surface area contributed by atoms with Crippen LogP contribution in [0, 0.1) is 12.7 Å². The number of hydrogen-bond donors (Lipinski definition) is 2. The second-order valence-corrected chi connectivity index (χ2v) is 6.76. The van der Waals surface area contributed by atoms with Crippen molar-refractivity contribution in [3.8, 4) is 11.3 Å². The van der Waals surface area contributed by atoms with E-state index in [9.17, 15) is 9.18 Å². The van der Waals surface area contributed by atoms with E-state index in [1.807, 2.05) is 0 Å². The van der Waals surface area contributed by atoms with Crippen LogP contribution in [0.15, 0.2) is 51.4 Å². The maximum atomic E-state index is 14.0. The van der Waals surface area contributed by atoms with Crippen LogP contribution in [0.4, 0.5) is 15.8 Å². The summed E-state index contributed by atoms with van der Waals surface area (Å²) in [5, 5.41) is 3.02. The van der Waals surface area contributed by atoms with Crippen molar-refractivity contribution in [3.63, 3.8) is 0 Å². The lowest BCUT2D eigenvalue weighted by molar-refractivity contribution is 0.0997. The van der Waals surface area contributed by atoms with Crippen molar-refractivity contribution in [1.29, 1.82) is 0 Å². The standard InChI is InChI=1S/C18H13BrClFN2O2/c1-9-6-11(22)8-13(20)17(9)23-18(24)16-5-4-15(25-16)12-3-2-10(19)7-14(12)21/h2-8H,22H2,1H3,(H,23,24). The van der Waals surface area contributed by atoms with E-state index in [2.05, 4.69) is 21.2 Å². The van der Waals surface area contributed by atoms with E-state index >= 15 is 0 Å². The molecule has 0 fully saturated rings. The predicted molar refractivity (Wildman–Crippen MR) is 100 cm³/mol. The van der Waals surface area contributed by atoms with Gasteiger partial charge in [-0.3, -0.25) is 4.79 Å². The molecule has 0 saturated heterocycles. The molecule has 0 saturated carbocycles. The molecule has 0 aliphatic carbocycles. The van der Waals surface area contributed by atoms with Crippen molar-refractivity contribution in [2.45, 2.75) is 6.92 Å². The summed E-state index contributed by atoms with van der Waals surface area (Å²) in [4.78, 5) is 12.4. The molecule has 3 rings (SSSR count). The van der Waals surface area contributed by atoms with Crippen molar-refractivity contribution < 1.29 is 13.6 Å². The summed E-state index contributed by atoms with van der Waals surface area (Å²) >= 11 is 9.32. The Morgan fingerprint density at radius 3 is 2.68 bits per heavy atom. The van der Waals surface area contributed by atoms with E-state index in [1.165, 1.54) is 12.1 Å². The van der Waals surface area contributed by atoms with Gasteiger partial charge in [0.1, 0.15) is 11.6 Å². The minimum atomic E-state index is -0.487. The van der Waals surface area contributed by atoms with Crippen LogP contribution in [0.1, 0.15) is 16.1 Å². The fourth-order valence-electron chi connectivity index (χ4n) is 2.40. The topological polar surface area (TPSA) is 68.3 Å². The lowest BCUT2D eigenvalue weighted by atomic mass is 10.1. The molecule has 1 heterocycles. The molecule has 0 aliphatic heterocycles.